The van der Waals surface area contributed by atoms with Gasteiger partial charge in [-0.05, 0) is 125 Å². The van der Waals surface area contributed by atoms with Gasteiger partial charge >= 0.3 is 0 Å². The summed E-state index contributed by atoms with van der Waals surface area (Å²) in [6, 6.07) is 0.691. The lowest BCUT2D eigenvalue weighted by molar-refractivity contribution is -0.127. The van der Waals surface area contributed by atoms with Crippen molar-refractivity contribution in [1.82, 2.24) is 9.80 Å². The third kappa shape index (κ3) is 5.81. The molecular formula is C34H48N2O2. The highest BCUT2D eigenvalue weighted by molar-refractivity contribution is 5.84. The molecule has 4 heteroatoms. The molecule has 4 aliphatic carbocycles. The number of hydrogen-bond donors (Lipinski definition) is 0. The summed E-state index contributed by atoms with van der Waals surface area (Å²) in [5, 5.41) is 0. The molecule has 3 saturated carbocycles. The maximum absolute atomic E-state index is 13.3. The van der Waals surface area contributed by atoms with Crippen molar-refractivity contribution in [3.8, 4) is 0 Å². The average molecular weight is 517 g/mol. The normalized spacial score (nSPS) is 35.6. The highest BCUT2D eigenvalue weighted by atomic mass is 16.1. The van der Waals surface area contributed by atoms with Gasteiger partial charge in [0, 0.05) is 29.8 Å². The van der Waals surface area contributed by atoms with Gasteiger partial charge in [0.1, 0.15) is 5.78 Å². The third-order valence-corrected chi connectivity index (χ3v) is 11.1. The Kier molecular flexibility index (Phi) is 8.35. The number of allylic oxidation sites excluding steroid dienone is 6. The van der Waals surface area contributed by atoms with Crippen molar-refractivity contribution in [3.63, 3.8) is 0 Å². The van der Waals surface area contributed by atoms with Crippen LogP contribution in [0.5, 0.6) is 0 Å². The van der Waals surface area contributed by atoms with Crippen LogP contribution in [0, 0.1) is 29.6 Å². The number of nitrogens with zero attached hydrogens (tertiary/aromatic N) is 2. The smallest absolute Gasteiger partial charge is 0.155 e. The highest BCUT2D eigenvalue weighted by Crippen LogP contribution is 2.42. The van der Waals surface area contributed by atoms with Crippen LogP contribution in [0.1, 0.15) is 96.3 Å². The van der Waals surface area contributed by atoms with Crippen LogP contribution in [-0.2, 0) is 9.59 Å². The van der Waals surface area contributed by atoms with Crippen LogP contribution in [0.15, 0.2) is 47.9 Å². The third-order valence-electron chi connectivity index (χ3n) is 11.1. The maximum atomic E-state index is 13.3. The lowest BCUT2D eigenvalue weighted by Gasteiger charge is -2.44. The van der Waals surface area contributed by atoms with Crippen LogP contribution in [0.3, 0.4) is 0 Å². The van der Waals surface area contributed by atoms with Gasteiger partial charge in [0.05, 0.1) is 13.1 Å². The number of fused-ring (bicyclic) bond motifs is 2. The van der Waals surface area contributed by atoms with E-state index in [1.807, 2.05) is 0 Å². The summed E-state index contributed by atoms with van der Waals surface area (Å²) in [5.74, 6) is 3.86. The summed E-state index contributed by atoms with van der Waals surface area (Å²) in [4.78, 5) is 31.2. The molecule has 0 bridgehead atoms. The molecule has 2 atom stereocenters. The summed E-state index contributed by atoms with van der Waals surface area (Å²) < 4.78 is 0. The van der Waals surface area contributed by atoms with Crippen LogP contribution in [0.25, 0.3) is 0 Å². The molecule has 1 saturated heterocycles. The Morgan fingerprint density at radius 1 is 0.684 bits per heavy atom. The van der Waals surface area contributed by atoms with E-state index in [9.17, 15) is 9.59 Å². The van der Waals surface area contributed by atoms with Gasteiger partial charge in [-0.3, -0.25) is 14.5 Å². The second-order valence-electron chi connectivity index (χ2n) is 13.2. The van der Waals surface area contributed by atoms with Gasteiger partial charge in [-0.1, -0.05) is 31.1 Å². The molecule has 2 aliphatic heterocycles. The zero-order valence-corrected chi connectivity index (χ0v) is 23.4. The molecule has 38 heavy (non-hydrogen) atoms. The van der Waals surface area contributed by atoms with Crippen molar-refractivity contribution in [2.24, 2.45) is 29.6 Å². The lowest BCUT2D eigenvalue weighted by Crippen LogP contribution is -2.49. The minimum Gasteiger partial charge on any atom is -0.340 e. The maximum Gasteiger partial charge on any atom is 0.155 e. The summed E-state index contributed by atoms with van der Waals surface area (Å²) in [5.41, 5.74) is 2.51. The van der Waals surface area contributed by atoms with Crippen LogP contribution in [0.4, 0.5) is 0 Å². The number of Topliss-reactive ketones (excluding diaryl/α,β-unsaturated/α-hetero) is 2. The van der Waals surface area contributed by atoms with E-state index in [1.165, 1.54) is 75.5 Å². The number of carbonyl (C=O) groups is 2. The molecule has 0 amide bonds. The van der Waals surface area contributed by atoms with E-state index in [0.717, 1.165) is 62.9 Å². The number of likely N-dealkylation sites (tertiary alicyclic amines) is 1. The fourth-order valence-electron chi connectivity index (χ4n) is 8.86. The molecule has 0 aromatic rings. The van der Waals surface area contributed by atoms with Crippen LogP contribution in [0.2, 0.25) is 0 Å². The minimum atomic E-state index is 0.222. The standard InChI is InChI=1S/C34H48N2O2/c37-33(23-35-21-5-9-27-7-1-3-11-31(27)35)29-17-13-25(14-18-29)26-15-19-30(20-16-26)34(38)24-36-22-6-10-28-8-2-4-12-32(28)36/h1,3,5,9,11,21,25-26,28-30,32H,2,4,6-8,10,12-20,22-24H2. The second-order valence-corrected chi connectivity index (χ2v) is 13.2. The number of piperidine rings is 1. The number of ketones is 2. The highest BCUT2D eigenvalue weighted by Gasteiger charge is 2.37. The molecule has 206 valence electrons. The predicted octanol–water partition coefficient (Wildman–Crippen LogP) is 6.99. The Bertz CT molecular complexity index is 988. The first-order valence-corrected chi connectivity index (χ1v) is 16.0. The Hall–Kier alpha value is -1.94. The van der Waals surface area contributed by atoms with Crippen LogP contribution in [-0.4, -0.2) is 47.0 Å². The van der Waals surface area contributed by atoms with E-state index in [2.05, 4.69) is 46.4 Å². The zero-order valence-electron chi connectivity index (χ0n) is 23.4. The van der Waals surface area contributed by atoms with Crippen LogP contribution < -0.4 is 0 Å². The van der Waals surface area contributed by atoms with Crippen molar-refractivity contribution < 1.29 is 9.59 Å². The van der Waals surface area contributed by atoms with Crippen molar-refractivity contribution in [1.29, 1.82) is 0 Å². The number of rotatable bonds is 7. The molecule has 0 aromatic carbocycles. The molecule has 6 rings (SSSR count). The summed E-state index contributed by atoms with van der Waals surface area (Å²) in [6.45, 7) is 2.37. The van der Waals surface area contributed by atoms with Gasteiger partial charge in [-0.15, -0.1) is 0 Å². The lowest BCUT2D eigenvalue weighted by atomic mass is 9.68. The van der Waals surface area contributed by atoms with E-state index >= 15 is 0 Å². The monoisotopic (exact) mass is 516 g/mol. The van der Waals surface area contributed by atoms with Gasteiger partial charge in [0.25, 0.3) is 0 Å². The van der Waals surface area contributed by atoms with Crippen molar-refractivity contribution in [3.05, 3.63) is 47.9 Å². The van der Waals surface area contributed by atoms with Gasteiger partial charge in [0.15, 0.2) is 5.78 Å². The number of hydrogen-bond acceptors (Lipinski definition) is 4. The molecular weight excluding hydrogens is 468 g/mol. The molecule has 0 radical (unpaired) electrons. The van der Waals surface area contributed by atoms with Crippen molar-refractivity contribution >= 4 is 11.6 Å². The van der Waals surface area contributed by atoms with Gasteiger partial charge in [0.2, 0.25) is 0 Å². The molecule has 0 N–H and O–H groups in total. The second kappa shape index (κ2) is 12.1. The first kappa shape index (κ1) is 26.3. The van der Waals surface area contributed by atoms with E-state index < -0.39 is 0 Å². The Balaban J connectivity index is 0.933. The molecule has 2 unspecified atom stereocenters. The average Bonchev–Trinajstić information content (AvgIpc) is 2.98. The van der Waals surface area contributed by atoms with Crippen molar-refractivity contribution in [2.75, 3.05) is 19.6 Å². The number of carbonyl (C=O) groups excluding carboxylic acids is 2. The summed E-state index contributed by atoms with van der Waals surface area (Å²) in [7, 11) is 0. The molecule has 4 fully saturated rings. The quantitative estimate of drug-likeness (QED) is 0.366. The van der Waals surface area contributed by atoms with Crippen molar-refractivity contribution in [2.45, 2.75) is 102 Å². The van der Waals surface area contributed by atoms with Gasteiger partial charge in [-0.2, -0.15) is 0 Å². The van der Waals surface area contributed by atoms with Crippen LogP contribution >= 0.6 is 0 Å². The van der Waals surface area contributed by atoms with E-state index in [-0.39, 0.29) is 5.92 Å². The minimum absolute atomic E-state index is 0.222. The summed E-state index contributed by atoms with van der Waals surface area (Å²) >= 11 is 0. The first-order chi connectivity index (χ1) is 18.7. The van der Waals surface area contributed by atoms with E-state index in [0.29, 0.717) is 30.1 Å². The predicted molar refractivity (Wildman–Crippen MR) is 153 cm³/mol. The summed E-state index contributed by atoms with van der Waals surface area (Å²) in [6.07, 6.45) is 31.0. The fourth-order valence-corrected chi connectivity index (χ4v) is 8.86. The molecule has 0 spiro atoms. The Morgan fingerprint density at radius 3 is 2.08 bits per heavy atom. The molecule has 6 aliphatic rings. The Morgan fingerprint density at radius 2 is 1.34 bits per heavy atom. The van der Waals surface area contributed by atoms with E-state index in [4.69, 9.17) is 0 Å². The molecule has 0 aromatic heterocycles. The first-order valence-electron chi connectivity index (χ1n) is 16.0. The topological polar surface area (TPSA) is 40.6 Å². The SMILES string of the molecule is O=C(CN1C=CC=C2CC=CC=C21)C1CCC(C2CCC(C(=O)CN3CCCC4CCCCC43)CC2)CC1. The van der Waals surface area contributed by atoms with Gasteiger partial charge < -0.3 is 4.90 Å². The van der Waals surface area contributed by atoms with E-state index in [1.54, 1.807) is 0 Å². The van der Waals surface area contributed by atoms with Gasteiger partial charge in [-0.25, -0.2) is 0 Å². The zero-order chi connectivity index (χ0) is 25.9. The fraction of sp³-hybridized carbons (Fsp3) is 0.706. The molecule has 4 nitrogen and oxygen atoms in total. The largest absolute Gasteiger partial charge is 0.340 e. The Labute approximate surface area is 230 Å². The molecule has 2 heterocycles.